The molecule has 0 spiro atoms. The summed E-state index contributed by atoms with van der Waals surface area (Å²) in [7, 11) is -3.55. The number of amides is 1. The molecule has 0 fully saturated rings. The molecule has 3 aromatic carbocycles. The highest BCUT2D eigenvalue weighted by atomic mass is 79.9. The van der Waals surface area contributed by atoms with Crippen molar-refractivity contribution in [3.8, 4) is 0 Å². The fraction of sp³-hybridized carbons (Fsp3) is 0.136. The van der Waals surface area contributed by atoms with Crippen LogP contribution >= 0.6 is 15.9 Å². The molecule has 0 saturated heterocycles. The molecule has 5 nitrogen and oxygen atoms in total. The fourth-order valence-corrected chi connectivity index (χ4v) is 5.30. The van der Waals surface area contributed by atoms with Crippen LogP contribution in [0.1, 0.15) is 21.5 Å². The molecule has 0 aromatic heterocycles. The Kier molecular flexibility index (Phi) is 5.54. The third kappa shape index (κ3) is 4.12. The molecule has 1 amide bonds. The highest BCUT2D eigenvalue weighted by molar-refractivity contribution is 9.10. The number of nitrogens with one attached hydrogen (secondary N) is 1. The summed E-state index contributed by atoms with van der Waals surface area (Å²) >= 11 is 3.39. The van der Waals surface area contributed by atoms with Crippen molar-refractivity contribution in [1.82, 2.24) is 4.31 Å². The standard InChI is InChI=1S/C22H19BrN2O3S/c23-21-9-5-4-8-20(21)22(26)24-18-11-10-16-12-13-25(15-17(16)14-18)29(27,28)19-6-2-1-3-7-19/h1-11,14H,12-13,15H2,(H,24,26). The van der Waals surface area contributed by atoms with Crippen molar-refractivity contribution in [1.29, 1.82) is 0 Å². The van der Waals surface area contributed by atoms with E-state index in [1.54, 1.807) is 42.5 Å². The van der Waals surface area contributed by atoms with Gasteiger partial charge in [0.05, 0.1) is 10.5 Å². The Hall–Kier alpha value is -2.48. The first-order valence-electron chi connectivity index (χ1n) is 9.18. The average Bonchev–Trinajstić information content (AvgIpc) is 2.74. The van der Waals surface area contributed by atoms with Gasteiger partial charge in [-0.05, 0) is 69.9 Å². The largest absolute Gasteiger partial charge is 0.322 e. The first-order valence-corrected chi connectivity index (χ1v) is 11.4. The van der Waals surface area contributed by atoms with Crippen LogP contribution < -0.4 is 5.32 Å². The average molecular weight is 471 g/mol. The smallest absolute Gasteiger partial charge is 0.256 e. The van der Waals surface area contributed by atoms with Crippen molar-refractivity contribution in [3.05, 3.63) is 94.0 Å². The predicted molar refractivity (Wildman–Crippen MR) is 116 cm³/mol. The zero-order valence-corrected chi connectivity index (χ0v) is 17.9. The molecule has 0 saturated carbocycles. The van der Waals surface area contributed by atoms with E-state index < -0.39 is 10.0 Å². The maximum atomic E-state index is 12.9. The number of hydrogen-bond donors (Lipinski definition) is 1. The van der Waals surface area contributed by atoms with Gasteiger partial charge in [-0.2, -0.15) is 4.31 Å². The summed E-state index contributed by atoms with van der Waals surface area (Å²) in [6.07, 6.45) is 0.639. The second kappa shape index (κ2) is 8.10. The summed E-state index contributed by atoms with van der Waals surface area (Å²) in [5.74, 6) is -0.220. The Labute approximate surface area is 178 Å². The number of carbonyl (C=O) groups excluding carboxylic acids is 1. The molecule has 29 heavy (non-hydrogen) atoms. The lowest BCUT2D eigenvalue weighted by molar-refractivity contribution is 0.102. The monoisotopic (exact) mass is 470 g/mol. The molecule has 4 rings (SSSR count). The highest BCUT2D eigenvalue weighted by Crippen LogP contribution is 2.27. The van der Waals surface area contributed by atoms with E-state index in [1.165, 1.54) is 4.31 Å². The lowest BCUT2D eigenvalue weighted by Crippen LogP contribution is -2.36. The van der Waals surface area contributed by atoms with Crippen molar-refractivity contribution in [2.24, 2.45) is 0 Å². The second-order valence-electron chi connectivity index (χ2n) is 6.82. The van der Waals surface area contributed by atoms with E-state index in [2.05, 4.69) is 21.2 Å². The van der Waals surface area contributed by atoms with Gasteiger partial charge < -0.3 is 5.32 Å². The summed E-state index contributed by atoms with van der Waals surface area (Å²) < 4.78 is 28.1. The van der Waals surface area contributed by atoms with Gasteiger partial charge in [0, 0.05) is 23.2 Å². The van der Waals surface area contributed by atoms with Crippen molar-refractivity contribution < 1.29 is 13.2 Å². The van der Waals surface area contributed by atoms with Crippen LogP contribution in [-0.2, 0) is 23.0 Å². The summed E-state index contributed by atoms with van der Waals surface area (Å²) in [6.45, 7) is 0.720. The molecular weight excluding hydrogens is 452 g/mol. The molecule has 0 unspecified atom stereocenters. The van der Waals surface area contributed by atoms with E-state index in [-0.39, 0.29) is 12.5 Å². The van der Waals surface area contributed by atoms with Gasteiger partial charge in [-0.3, -0.25) is 4.79 Å². The van der Waals surface area contributed by atoms with E-state index >= 15 is 0 Å². The quantitative estimate of drug-likeness (QED) is 0.612. The number of rotatable bonds is 4. The van der Waals surface area contributed by atoms with Crippen LogP contribution in [0.15, 0.2) is 82.2 Å². The zero-order chi connectivity index (χ0) is 20.4. The molecule has 7 heteroatoms. The number of halogens is 1. The third-order valence-electron chi connectivity index (χ3n) is 4.94. The Balaban J connectivity index is 1.56. The topological polar surface area (TPSA) is 66.5 Å². The maximum absolute atomic E-state index is 12.9. The number of benzene rings is 3. The minimum atomic E-state index is -3.55. The molecule has 1 aliphatic rings. The number of sulfonamides is 1. The van der Waals surface area contributed by atoms with Crippen LogP contribution in [0.3, 0.4) is 0 Å². The molecule has 148 valence electrons. The van der Waals surface area contributed by atoms with Crippen LogP contribution in [-0.4, -0.2) is 25.2 Å². The minimum absolute atomic E-state index is 0.220. The fourth-order valence-electron chi connectivity index (χ4n) is 3.40. The molecule has 0 aliphatic carbocycles. The van der Waals surface area contributed by atoms with Crippen LogP contribution in [0.5, 0.6) is 0 Å². The Bertz CT molecular complexity index is 1160. The van der Waals surface area contributed by atoms with Crippen molar-refractivity contribution in [2.45, 2.75) is 17.9 Å². The number of hydrogen-bond acceptors (Lipinski definition) is 3. The third-order valence-corrected chi connectivity index (χ3v) is 7.49. The highest BCUT2D eigenvalue weighted by Gasteiger charge is 2.28. The van der Waals surface area contributed by atoms with E-state index in [9.17, 15) is 13.2 Å². The van der Waals surface area contributed by atoms with Gasteiger partial charge >= 0.3 is 0 Å². The summed E-state index contributed by atoms with van der Waals surface area (Å²) in [5.41, 5.74) is 3.19. The Morgan fingerprint density at radius 3 is 2.41 bits per heavy atom. The predicted octanol–water partition coefficient (Wildman–Crippen LogP) is 4.45. The maximum Gasteiger partial charge on any atom is 0.256 e. The molecule has 3 aromatic rings. The number of carbonyl (C=O) groups is 1. The first kappa shape index (κ1) is 19.8. The normalized spacial score (nSPS) is 14.2. The first-order chi connectivity index (χ1) is 13.9. The van der Waals surface area contributed by atoms with Gasteiger partial charge in [-0.15, -0.1) is 0 Å². The molecule has 1 heterocycles. The Morgan fingerprint density at radius 1 is 0.931 bits per heavy atom. The van der Waals surface area contributed by atoms with E-state index in [0.29, 0.717) is 29.1 Å². The lowest BCUT2D eigenvalue weighted by atomic mass is 10.0. The SMILES string of the molecule is O=C(Nc1ccc2c(c1)CN(S(=O)(=O)c1ccccc1)CC2)c1ccccc1Br. The molecule has 0 bridgehead atoms. The number of anilines is 1. The Morgan fingerprint density at radius 2 is 1.66 bits per heavy atom. The van der Waals surface area contributed by atoms with Crippen molar-refractivity contribution in [3.63, 3.8) is 0 Å². The minimum Gasteiger partial charge on any atom is -0.322 e. The molecular formula is C22H19BrN2O3S. The van der Waals surface area contributed by atoms with Gasteiger partial charge in [0.15, 0.2) is 0 Å². The van der Waals surface area contributed by atoms with Crippen LogP contribution in [0.4, 0.5) is 5.69 Å². The van der Waals surface area contributed by atoms with Gasteiger partial charge in [-0.1, -0.05) is 36.4 Å². The summed E-state index contributed by atoms with van der Waals surface area (Å²) in [4.78, 5) is 12.9. The van der Waals surface area contributed by atoms with Gasteiger partial charge in [0.1, 0.15) is 0 Å². The van der Waals surface area contributed by atoms with Crippen LogP contribution in [0.25, 0.3) is 0 Å². The number of nitrogens with zero attached hydrogens (tertiary/aromatic N) is 1. The molecule has 0 radical (unpaired) electrons. The van der Waals surface area contributed by atoms with Gasteiger partial charge in [0.2, 0.25) is 10.0 Å². The molecule has 1 N–H and O–H groups in total. The zero-order valence-electron chi connectivity index (χ0n) is 15.5. The van der Waals surface area contributed by atoms with E-state index in [4.69, 9.17) is 0 Å². The summed E-state index contributed by atoms with van der Waals surface area (Å²) in [6, 6.07) is 21.3. The van der Waals surface area contributed by atoms with Gasteiger partial charge in [-0.25, -0.2) is 8.42 Å². The number of fused-ring (bicyclic) bond motifs is 1. The van der Waals surface area contributed by atoms with E-state index in [1.807, 2.05) is 30.3 Å². The molecule has 1 aliphatic heterocycles. The van der Waals surface area contributed by atoms with Crippen molar-refractivity contribution in [2.75, 3.05) is 11.9 Å². The van der Waals surface area contributed by atoms with Crippen LogP contribution in [0.2, 0.25) is 0 Å². The lowest BCUT2D eigenvalue weighted by Gasteiger charge is -2.28. The van der Waals surface area contributed by atoms with Crippen LogP contribution in [0, 0.1) is 0 Å². The molecule has 0 atom stereocenters. The van der Waals surface area contributed by atoms with E-state index in [0.717, 1.165) is 15.6 Å². The van der Waals surface area contributed by atoms with Crippen molar-refractivity contribution >= 4 is 37.5 Å². The van der Waals surface area contributed by atoms with Gasteiger partial charge in [0.25, 0.3) is 5.91 Å². The second-order valence-corrected chi connectivity index (χ2v) is 9.61. The summed E-state index contributed by atoms with van der Waals surface area (Å²) in [5, 5.41) is 2.90.